The maximum Gasteiger partial charge on any atom is 0.408 e. The van der Waals surface area contributed by atoms with Crippen LogP contribution in [0.3, 0.4) is 0 Å². The van der Waals surface area contributed by atoms with Gasteiger partial charge in [-0.15, -0.1) is 0 Å². The van der Waals surface area contributed by atoms with Gasteiger partial charge >= 0.3 is 18.0 Å². The number of alkyl carbamates (subject to hydrolysis) is 1. The lowest BCUT2D eigenvalue weighted by atomic mass is 9.85. The zero-order valence-corrected chi connectivity index (χ0v) is 12.8. The lowest BCUT2D eigenvalue weighted by Crippen LogP contribution is -2.53. The van der Waals surface area contributed by atoms with Crippen molar-refractivity contribution in [2.75, 3.05) is 6.61 Å². The third-order valence-electron chi connectivity index (χ3n) is 2.34. The Balaban J connectivity index is 4.84. The Hall–Kier alpha value is -1.79. The summed E-state index contributed by atoms with van der Waals surface area (Å²) in [5.41, 5.74) is -1.71. The fourth-order valence-corrected chi connectivity index (χ4v) is 1.39. The molecule has 116 valence electrons. The van der Waals surface area contributed by atoms with Crippen molar-refractivity contribution < 1.29 is 29.0 Å². The number of aliphatic carboxylic acids is 1. The topological polar surface area (TPSA) is 102 Å². The predicted molar refractivity (Wildman–Crippen MR) is 71.2 cm³/mol. The molecule has 0 heterocycles. The number of esters is 1. The van der Waals surface area contributed by atoms with Crippen molar-refractivity contribution in [3.63, 3.8) is 0 Å². The lowest BCUT2D eigenvalue weighted by molar-refractivity contribution is -0.150. The molecule has 0 spiro atoms. The van der Waals surface area contributed by atoms with Crippen LogP contribution in [0.2, 0.25) is 0 Å². The maximum absolute atomic E-state index is 11.7. The highest BCUT2D eigenvalue weighted by Crippen LogP contribution is 2.22. The SMILES string of the molecule is CC(=O)OCC(C)(C)C(NC(=O)OC(C)(C)C)C(=O)O. The molecular formula is C13H23NO6. The summed E-state index contributed by atoms with van der Waals surface area (Å²) in [7, 11) is 0. The fourth-order valence-electron chi connectivity index (χ4n) is 1.39. The predicted octanol–water partition coefficient (Wildman–Crippen LogP) is 1.55. The van der Waals surface area contributed by atoms with E-state index in [0.717, 1.165) is 0 Å². The van der Waals surface area contributed by atoms with Crippen LogP contribution in [0.4, 0.5) is 4.79 Å². The van der Waals surface area contributed by atoms with Crippen LogP contribution >= 0.6 is 0 Å². The average Bonchev–Trinajstić information content (AvgIpc) is 2.20. The van der Waals surface area contributed by atoms with E-state index in [-0.39, 0.29) is 6.61 Å². The van der Waals surface area contributed by atoms with Crippen LogP contribution in [0.15, 0.2) is 0 Å². The summed E-state index contributed by atoms with van der Waals surface area (Å²) >= 11 is 0. The van der Waals surface area contributed by atoms with Crippen molar-refractivity contribution in [2.24, 2.45) is 5.41 Å². The average molecular weight is 289 g/mol. The lowest BCUT2D eigenvalue weighted by Gasteiger charge is -2.31. The molecule has 0 saturated heterocycles. The minimum atomic E-state index is -1.24. The molecule has 1 amide bonds. The van der Waals surface area contributed by atoms with Crippen molar-refractivity contribution in [1.82, 2.24) is 5.32 Å². The molecule has 0 saturated carbocycles. The van der Waals surface area contributed by atoms with E-state index in [9.17, 15) is 19.5 Å². The highest BCUT2D eigenvalue weighted by Gasteiger charge is 2.38. The fraction of sp³-hybridized carbons (Fsp3) is 0.769. The number of ether oxygens (including phenoxy) is 2. The molecule has 0 aromatic carbocycles. The number of carboxylic acid groups (broad SMARTS) is 1. The first-order valence-electron chi connectivity index (χ1n) is 6.21. The van der Waals surface area contributed by atoms with Crippen LogP contribution in [0.25, 0.3) is 0 Å². The Labute approximate surface area is 118 Å². The Morgan fingerprint density at radius 1 is 1.15 bits per heavy atom. The number of hydrogen-bond donors (Lipinski definition) is 2. The van der Waals surface area contributed by atoms with Crippen LogP contribution in [0, 0.1) is 5.41 Å². The highest BCUT2D eigenvalue weighted by molar-refractivity contribution is 5.81. The van der Waals surface area contributed by atoms with Gasteiger partial charge in [0.1, 0.15) is 11.6 Å². The summed E-state index contributed by atoms with van der Waals surface area (Å²) in [5, 5.41) is 11.5. The molecule has 0 aliphatic carbocycles. The Bertz CT molecular complexity index is 383. The number of carbonyl (C=O) groups is 3. The molecule has 0 aliphatic rings. The molecule has 1 atom stereocenters. The summed E-state index contributed by atoms with van der Waals surface area (Å²) in [6.07, 6.45) is -0.833. The first kappa shape index (κ1) is 18.2. The molecule has 0 aromatic rings. The van der Waals surface area contributed by atoms with Crippen molar-refractivity contribution in [3.05, 3.63) is 0 Å². The monoisotopic (exact) mass is 289 g/mol. The Kier molecular flexibility index (Phi) is 5.99. The number of carboxylic acids is 1. The van der Waals surface area contributed by atoms with E-state index >= 15 is 0 Å². The quantitative estimate of drug-likeness (QED) is 0.744. The third-order valence-corrected chi connectivity index (χ3v) is 2.34. The van der Waals surface area contributed by atoms with Gasteiger partial charge in [0.25, 0.3) is 0 Å². The standard InChI is InChI=1S/C13H23NO6/c1-8(15)19-7-13(5,6)9(10(16)17)14-11(18)20-12(2,3)4/h9H,7H2,1-6H3,(H,14,18)(H,16,17). The molecule has 0 rings (SSSR count). The van der Waals surface area contributed by atoms with Crippen LogP contribution in [-0.4, -0.2) is 41.4 Å². The van der Waals surface area contributed by atoms with E-state index in [2.05, 4.69) is 5.32 Å². The molecule has 0 radical (unpaired) electrons. The molecular weight excluding hydrogens is 266 g/mol. The molecule has 0 aromatic heterocycles. The summed E-state index contributed by atoms with van der Waals surface area (Å²) in [6.45, 7) is 9.27. The number of nitrogens with one attached hydrogen (secondary N) is 1. The second kappa shape index (κ2) is 6.58. The van der Waals surface area contributed by atoms with Crippen LogP contribution in [0.5, 0.6) is 0 Å². The van der Waals surface area contributed by atoms with Gasteiger partial charge in [0.15, 0.2) is 0 Å². The summed E-state index contributed by atoms with van der Waals surface area (Å²) in [5.74, 6) is -1.74. The van der Waals surface area contributed by atoms with Gasteiger partial charge in [0.05, 0.1) is 6.61 Å². The van der Waals surface area contributed by atoms with Gasteiger partial charge < -0.3 is 19.9 Å². The number of hydrogen-bond acceptors (Lipinski definition) is 5. The number of rotatable bonds is 5. The van der Waals surface area contributed by atoms with E-state index < -0.39 is 35.1 Å². The van der Waals surface area contributed by atoms with E-state index in [0.29, 0.717) is 0 Å². The molecule has 20 heavy (non-hydrogen) atoms. The van der Waals surface area contributed by atoms with Gasteiger partial charge in [-0.1, -0.05) is 13.8 Å². The summed E-state index contributed by atoms with van der Waals surface area (Å²) in [6, 6.07) is -1.24. The third kappa shape index (κ3) is 6.96. The summed E-state index contributed by atoms with van der Waals surface area (Å²) in [4.78, 5) is 33.7. The van der Waals surface area contributed by atoms with E-state index in [4.69, 9.17) is 9.47 Å². The van der Waals surface area contributed by atoms with Crippen molar-refractivity contribution in [3.8, 4) is 0 Å². The molecule has 0 aliphatic heterocycles. The van der Waals surface area contributed by atoms with E-state index in [1.807, 2.05) is 0 Å². The van der Waals surface area contributed by atoms with Gasteiger partial charge in [0, 0.05) is 12.3 Å². The minimum Gasteiger partial charge on any atom is -0.480 e. The van der Waals surface area contributed by atoms with Gasteiger partial charge in [-0.2, -0.15) is 0 Å². The molecule has 0 fully saturated rings. The second-order valence-corrected chi connectivity index (χ2v) is 6.19. The van der Waals surface area contributed by atoms with Gasteiger partial charge in [-0.25, -0.2) is 9.59 Å². The van der Waals surface area contributed by atoms with Crippen LogP contribution in [-0.2, 0) is 19.1 Å². The Morgan fingerprint density at radius 2 is 1.65 bits per heavy atom. The molecule has 1 unspecified atom stereocenters. The molecule has 0 bridgehead atoms. The zero-order valence-electron chi connectivity index (χ0n) is 12.8. The van der Waals surface area contributed by atoms with Crippen LogP contribution in [0.1, 0.15) is 41.5 Å². The second-order valence-electron chi connectivity index (χ2n) is 6.19. The first-order valence-corrected chi connectivity index (χ1v) is 6.21. The van der Waals surface area contributed by atoms with Crippen LogP contribution < -0.4 is 5.32 Å². The largest absolute Gasteiger partial charge is 0.480 e. The van der Waals surface area contributed by atoms with Gasteiger partial charge in [-0.3, -0.25) is 4.79 Å². The number of amides is 1. The smallest absolute Gasteiger partial charge is 0.408 e. The molecule has 7 nitrogen and oxygen atoms in total. The molecule has 7 heteroatoms. The first-order chi connectivity index (χ1) is 8.85. The van der Waals surface area contributed by atoms with Crippen molar-refractivity contribution in [2.45, 2.75) is 53.2 Å². The van der Waals surface area contributed by atoms with Crippen molar-refractivity contribution >= 4 is 18.0 Å². The maximum atomic E-state index is 11.7. The summed E-state index contributed by atoms with van der Waals surface area (Å²) < 4.78 is 9.84. The Morgan fingerprint density at radius 3 is 2.00 bits per heavy atom. The van der Waals surface area contributed by atoms with Gasteiger partial charge in [-0.05, 0) is 20.8 Å². The van der Waals surface area contributed by atoms with E-state index in [1.54, 1.807) is 34.6 Å². The highest BCUT2D eigenvalue weighted by atomic mass is 16.6. The van der Waals surface area contributed by atoms with E-state index in [1.165, 1.54) is 6.92 Å². The van der Waals surface area contributed by atoms with Crippen molar-refractivity contribution in [1.29, 1.82) is 0 Å². The number of carbonyl (C=O) groups excluding carboxylic acids is 2. The normalized spacial score (nSPS) is 13.3. The zero-order chi connectivity index (χ0) is 16.1. The molecule has 2 N–H and O–H groups in total. The minimum absolute atomic E-state index is 0.130. The van der Waals surface area contributed by atoms with Gasteiger partial charge in [0.2, 0.25) is 0 Å².